The lowest BCUT2D eigenvalue weighted by molar-refractivity contribution is 0.111. The molecule has 0 unspecified atom stereocenters. The van der Waals surface area contributed by atoms with Crippen molar-refractivity contribution in [2.24, 2.45) is 0 Å². The quantitative estimate of drug-likeness (QED) is 0.573. The highest BCUT2D eigenvalue weighted by atomic mass is 16.5. The van der Waals surface area contributed by atoms with Crippen molar-refractivity contribution < 1.29 is 19.1 Å². The molecule has 0 aliphatic rings. The van der Waals surface area contributed by atoms with E-state index in [-0.39, 0.29) is 0 Å². The van der Waals surface area contributed by atoms with Crippen LogP contribution in [-0.4, -0.2) is 25.8 Å². The molecular weight excluding hydrogens is 256 g/mol. The molecule has 0 N–H and O–H groups in total. The van der Waals surface area contributed by atoms with Gasteiger partial charge in [0.05, 0.1) is 0 Å². The molecule has 0 amide bonds. The Hall–Kier alpha value is -2.62. The van der Waals surface area contributed by atoms with Gasteiger partial charge in [-0.1, -0.05) is 0 Å². The molecule has 2 rings (SSSR count). The minimum atomic E-state index is 0.399. The second-order valence-electron chi connectivity index (χ2n) is 4.07. The summed E-state index contributed by atoms with van der Waals surface area (Å²) in [5, 5.41) is 0. The van der Waals surface area contributed by atoms with Crippen molar-refractivity contribution in [1.29, 1.82) is 0 Å². The first-order chi connectivity index (χ1) is 9.81. The summed E-state index contributed by atoms with van der Waals surface area (Å²) in [6.45, 7) is 0.797. The second kappa shape index (κ2) is 7.09. The molecule has 0 saturated heterocycles. The molecule has 0 fully saturated rings. The van der Waals surface area contributed by atoms with E-state index < -0.39 is 0 Å². The lowest BCUT2D eigenvalue weighted by Crippen LogP contribution is -2.08. The van der Waals surface area contributed by atoms with Crippen LogP contribution in [-0.2, 0) is 0 Å². The van der Waals surface area contributed by atoms with E-state index in [0.717, 1.165) is 12.6 Å². The fourth-order valence-corrected chi connectivity index (χ4v) is 1.60. The maximum absolute atomic E-state index is 10.5. The third kappa shape index (κ3) is 3.95. The van der Waals surface area contributed by atoms with Gasteiger partial charge in [-0.25, -0.2) is 0 Å². The summed E-state index contributed by atoms with van der Waals surface area (Å²) >= 11 is 0. The van der Waals surface area contributed by atoms with Crippen molar-refractivity contribution in [3.8, 4) is 11.5 Å². The van der Waals surface area contributed by atoms with Gasteiger partial charge in [-0.05, 0) is 48.5 Å². The number of hydrogen-bond donors (Lipinski definition) is 0. The molecule has 0 bridgehead atoms. The van der Waals surface area contributed by atoms with Crippen LogP contribution in [0.2, 0.25) is 0 Å². The van der Waals surface area contributed by atoms with Gasteiger partial charge in [-0.2, -0.15) is 0 Å². The monoisotopic (exact) mass is 270 g/mol. The van der Waals surface area contributed by atoms with Crippen molar-refractivity contribution in [2.45, 2.75) is 0 Å². The Morgan fingerprint density at radius 1 is 0.650 bits per heavy atom. The third-order valence-corrected chi connectivity index (χ3v) is 2.65. The summed E-state index contributed by atoms with van der Waals surface area (Å²) in [7, 11) is 0. The SMILES string of the molecule is O=Cc1ccc(OCCOc2ccc(C=O)cc2)cc1. The van der Waals surface area contributed by atoms with E-state index in [1.165, 1.54) is 0 Å². The van der Waals surface area contributed by atoms with Gasteiger partial charge >= 0.3 is 0 Å². The Morgan fingerprint density at radius 2 is 1.00 bits per heavy atom. The third-order valence-electron chi connectivity index (χ3n) is 2.65. The summed E-state index contributed by atoms with van der Waals surface area (Å²) in [5.41, 5.74) is 1.23. The Balaban J connectivity index is 1.74. The Bertz CT molecular complexity index is 505. The van der Waals surface area contributed by atoms with Gasteiger partial charge < -0.3 is 9.47 Å². The molecule has 20 heavy (non-hydrogen) atoms. The molecule has 0 radical (unpaired) electrons. The maximum Gasteiger partial charge on any atom is 0.150 e. The second-order valence-corrected chi connectivity index (χ2v) is 4.07. The number of benzene rings is 2. The molecule has 0 spiro atoms. The van der Waals surface area contributed by atoms with Crippen LogP contribution in [0.25, 0.3) is 0 Å². The molecule has 0 heterocycles. The van der Waals surface area contributed by atoms with E-state index in [1.54, 1.807) is 48.5 Å². The molecule has 102 valence electrons. The maximum atomic E-state index is 10.5. The smallest absolute Gasteiger partial charge is 0.150 e. The van der Waals surface area contributed by atoms with Gasteiger partial charge in [-0.15, -0.1) is 0 Å². The van der Waals surface area contributed by atoms with E-state index in [1.807, 2.05) is 0 Å². The summed E-state index contributed by atoms with van der Waals surface area (Å²) in [5.74, 6) is 1.38. The van der Waals surface area contributed by atoms with Crippen molar-refractivity contribution in [1.82, 2.24) is 0 Å². The van der Waals surface area contributed by atoms with Gasteiger partial charge in [0.25, 0.3) is 0 Å². The zero-order valence-electron chi connectivity index (χ0n) is 10.8. The van der Waals surface area contributed by atoms with Crippen LogP contribution in [0, 0.1) is 0 Å². The van der Waals surface area contributed by atoms with Crippen LogP contribution in [0.5, 0.6) is 11.5 Å². The van der Waals surface area contributed by atoms with E-state index >= 15 is 0 Å². The fraction of sp³-hybridized carbons (Fsp3) is 0.125. The first kappa shape index (κ1) is 13.8. The normalized spacial score (nSPS) is 9.80. The van der Waals surface area contributed by atoms with Crippen LogP contribution in [0.15, 0.2) is 48.5 Å². The number of ether oxygens (including phenoxy) is 2. The highest BCUT2D eigenvalue weighted by Crippen LogP contribution is 2.12. The first-order valence-corrected chi connectivity index (χ1v) is 6.18. The average molecular weight is 270 g/mol. The largest absolute Gasteiger partial charge is 0.490 e. The highest BCUT2D eigenvalue weighted by Gasteiger charge is 1.97. The predicted molar refractivity (Wildman–Crippen MR) is 74.6 cm³/mol. The van der Waals surface area contributed by atoms with Gasteiger partial charge in [0.15, 0.2) is 0 Å². The predicted octanol–water partition coefficient (Wildman–Crippen LogP) is 2.77. The molecule has 0 aromatic heterocycles. The van der Waals surface area contributed by atoms with E-state index in [2.05, 4.69) is 0 Å². The van der Waals surface area contributed by atoms with Crippen LogP contribution in [0.1, 0.15) is 20.7 Å². The van der Waals surface area contributed by atoms with Crippen molar-refractivity contribution in [2.75, 3.05) is 13.2 Å². The van der Waals surface area contributed by atoms with E-state index in [0.29, 0.717) is 35.8 Å². The molecule has 2 aromatic carbocycles. The standard InChI is InChI=1S/C16H14O4/c17-11-13-1-5-15(6-2-13)19-9-10-20-16-7-3-14(12-18)4-8-16/h1-8,11-12H,9-10H2. The highest BCUT2D eigenvalue weighted by molar-refractivity contribution is 5.75. The summed E-state index contributed by atoms with van der Waals surface area (Å²) in [6.07, 6.45) is 1.58. The molecule has 0 atom stereocenters. The Kier molecular flexibility index (Phi) is 4.89. The van der Waals surface area contributed by atoms with Gasteiger partial charge in [-0.3, -0.25) is 9.59 Å². The summed E-state index contributed by atoms with van der Waals surface area (Å²) < 4.78 is 11.0. The van der Waals surface area contributed by atoms with Gasteiger partial charge in [0.2, 0.25) is 0 Å². The van der Waals surface area contributed by atoms with Crippen LogP contribution >= 0.6 is 0 Å². The minimum absolute atomic E-state index is 0.399. The first-order valence-electron chi connectivity index (χ1n) is 6.18. The van der Waals surface area contributed by atoms with Crippen molar-refractivity contribution >= 4 is 12.6 Å². The van der Waals surface area contributed by atoms with Crippen molar-refractivity contribution in [3.05, 3.63) is 59.7 Å². The Labute approximate surface area is 116 Å². The van der Waals surface area contributed by atoms with E-state index in [9.17, 15) is 9.59 Å². The minimum Gasteiger partial charge on any atom is -0.490 e. The fourth-order valence-electron chi connectivity index (χ4n) is 1.60. The van der Waals surface area contributed by atoms with E-state index in [4.69, 9.17) is 9.47 Å². The molecule has 0 aliphatic carbocycles. The lowest BCUT2D eigenvalue weighted by atomic mass is 10.2. The van der Waals surface area contributed by atoms with Gasteiger partial charge in [0.1, 0.15) is 37.3 Å². The van der Waals surface area contributed by atoms with Crippen LogP contribution in [0.4, 0.5) is 0 Å². The summed E-state index contributed by atoms with van der Waals surface area (Å²) in [6, 6.07) is 13.7. The number of hydrogen-bond acceptors (Lipinski definition) is 4. The lowest BCUT2D eigenvalue weighted by Gasteiger charge is -2.08. The number of carbonyl (C=O) groups is 2. The Morgan fingerprint density at radius 3 is 1.30 bits per heavy atom. The molecule has 4 heteroatoms. The van der Waals surface area contributed by atoms with Crippen LogP contribution in [0.3, 0.4) is 0 Å². The van der Waals surface area contributed by atoms with Crippen LogP contribution < -0.4 is 9.47 Å². The molecule has 4 nitrogen and oxygen atoms in total. The number of rotatable bonds is 7. The number of carbonyl (C=O) groups excluding carboxylic acids is 2. The summed E-state index contributed by atoms with van der Waals surface area (Å²) in [4.78, 5) is 21.0. The topological polar surface area (TPSA) is 52.6 Å². The van der Waals surface area contributed by atoms with Gasteiger partial charge in [0, 0.05) is 11.1 Å². The molecule has 2 aromatic rings. The average Bonchev–Trinajstić information content (AvgIpc) is 2.53. The zero-order valence-corrected chi connectivity index (χ0v) is 10.8. The zero-order chi connectivity index (χ0) is 14.2. The number of aldehydes is 2. The van der Waals surface area contributed by atoms with Crippen molar-refractivity contribution in [3.63, 3.8) is 0 Å². The molecule has 0 saturated carbocycles. The molecular formula is C16H14O4. The molecule has 0 aliphatic heterocycles.